The minimum absolute atomic E-state index is 0.0691. The third kappa shape index (κ3) is 6.42. The quantitative estimate of drug-likeness (QED) is 0.175. The Balaban J connectivity index is 1.11. The molecule has 0 aliphatic heterocycles. The number of hydrogen-bond acceptors (Lipinski definition) is 4. The van der Waals surface area contributed by atoms with Crippen molar-refractivity contribution >= 4 is 16.5 Å². The van der Waals surface area contributed by atoms with Crippen LogP contribution in [-0.2, 0) is 10.8 Å². The van der Waals surface area contributed by atoms with Crippen molar-refractivity contribution in [1.82, 2.24) is 19.9 Å². The fourth-order valence-electron chi connectivity index (χ4n) is 8.90. The Morgan fingerprint density at radius 2 is 1.14 bits per heavy atom. The normalized spacial score (nSPS) is 16.0. The number of aromatic nitrogens is 4. The molecule has 0 saturated heterocycles. The Hall–Kier alpha value is -7.04. The summed E-state index contributed by atoms with van der Waals surface area (Å²) in [5.41, 5.74) is 17.0. The van der Waals surface area contributed by atoms with Gasteiger partial charge in [-0.05, 0) is 75.1 Å². The molecule has 0 unspecified atom stereocenters. The molecule has 2 aromatic heterocycles. The lowest BCUT2D eigenvalue weighted by molar-refractivity contribution is 0.533. The molecule has 10 rings (SSSR count). The van der Waals surface area contributed by atoms with Crippen LogP contribution in [0.2, 0.25) is 0 Å². The maximum absolute atomic E-state index is 5.33. The van der Waals surface area contributed by atoms with Gasteiger partial charge in [0.25, 0.3) is 0 Å². The average Bonchev–Trinajstić information content (AvgIpc) is 3.53. The van der Waals surface area contributed by atoms with E-state index in [0.717, 1.165) is 73.4 Å². The summed E-state index contributed by atoms with van der Waals surface area (Å²) in [6.45, 7) is 13.7. The van der Waals surface area contributed by atoms with Crippen LogP contribution in [0.25, 0.3) is 84.2 Å². The van der Waals surface area contributed by atoms with Crippen LogP contribution >= 0.6 is 0 Å². The number of nitrogens with zero attached hydrogens (tertiary/aromatic N) is 4. The lowest BCUT2D eigenvalue weighted by Gasteiger charge is -2.27. The second-order valence-corrected chi connectivity index (χ2v) is 16.9. The molecule has 284 valence electrons. The van der Waals surface area contributed by atoms with Gasteiger partial charge < -0.3 is 0 Å². The van der Waals surface area contributed by atoms with Gasteiger partial charge in [0.05, 0.1) is 22.6 Å². The first-order valence-electron chi connectivity index (χ1n) is 20.4. The zero-order valence-corrected chi connectivity index (χ0v) is 33.9. The van der Waals surface area contributed by atoms with Crippen molar-refractivity contribution < 1.29 is 0 Å². The molecule has 2 aliphatic carbocycles. The lowest BCUT2D eigenvalue weighted by Crippen LogP contribution is -2.18. The number of benzene rings is 6. The van der Waals surface area contributed by atoms with E-state index in [4.69, 9.17) is 19.9 Å². The highest BCUT2D eigenvalue weighted by molar-refractivity contribution is 5.94. The summed E-state index contributed by atoms with van der Waals surface area (Å²) in [5, 5.41) is 1.03. The van der Waals surface area contributed by atoms with Crippen molar-refractivity contribution in [2.45, 2.75) is 44.9 Å². The van der Waals surface area contributed by atoms with Crippen molar-refractivity contribution in [3.63, 3.8) is 0 Å². The van der Waals surface area contributed by atoms with E-state index in [1.54, 1.807) is 0 Å². The summed E-state index contributed by atoms with van der Waals surface area (Å²) < 4.78 is 0. The molecule has 0 N–H and O–H groups in total. The molecule has 59 heavy (non-hydrogen) atoms. The smallest absolute Gasteiger partial charge is 0.160 e. The molecule has 0 spiro atoms. The monoisotopic (exact) mass is 760 g/mol. The molecule has 0 saturated carbocycles. The van der Waals surface area contributed by atoms with Gasteiger partial charge in [-0.2, -0.15) is 0 Å². The highest BCUT2D eigenvalue weighted by Gasteiger charge is 2.35. The van der Waals surface area contributed by atoms with Crippen LogP contribution in [-0.4, -0.2) is 19.9 Å². The molecule has 0 amide bonds. The van der Waals surface area contributed by atoms with Gasteiger partial charge in [-0.25, -0.2) is 19.9 Å². The Morgan fingerprint density at radius 1 is 0.475 bits per heavy atom. The van der Waals surface area contributed by atoms with E-state index in [2.05, 4.69) is 174 Å². The van der Waals surface area contributed by atoms with Crippen molar-refractivity contribution in [1.29, 1.82) is 0 Å². The number of para-hydroxylation sites is 1. The first-order chi connectivity index (χ1) is 28.6. The van der Waals surface area contributed by atoms with Crippen LogP contribution in [0.4, 0.5) is 0 Å². The summed E-state index contributed by atoms with van der Waals surface area (Å²) in [6, 6.07) is 51.4. The molecule has 0 bridgehead atoms. The number of allylic oxidation sites excluding steroid dienone is 5. The molecule has 2 heterocycles. The van der Waals surface area contributed by atoms with E-state index in [9.17, 15) is 0 Å². The van der Waals surface area contributed by atoms with Crippen molar-refractivity contribution in [3.05, 3.63) is 199 Å². The SMILES string of the molecule is C=C1/C=C\C=C/CC(C)(C)c2ccc(-c3nc(-c4ccc(-c5nc(-c6ccccc6)c6ccccc6n5)cc4)cc(-c4ccc5c(c4)C(C)(C)c4ccccc4-5)n3)cc21. The molecule has 2 aliphatic rings. The predicted octanol–water partition coefficient (Wildman–Crippen LogP) is 13.9. The zero-order valence-electron chi connectivity index (χ0n) is 33.9. The van der Waals surface area contributed by atoms with Crippen molar-refractivity contribution in [2.24, 2.45) is 0 Å². The number of fused-ring (bicyclic) bond motifs is 5. The van der Waals surface area contributed by atoms with Crippen LogP contribution in [0.5, 0.6) is 0 Å². The third-order valence-corrected chi connectivity index (χ3v) is 12.2. The second-order valence-electron chi connectivity index (χ2n) is 16.9. The molecule has 8 aromatic rings. The van der Waals surface area contributed by atoms with Crippen LogP contribution in [0.3, 0.4) is 0 Å². The molecular weight excluding hydrogens is 717 g/mol. The molecule has 0 radical (unpaired) electrons. The highest BCUT2D eigenvalue weighted by Crippen LogP contribution is 2.49. The van der Waals surface area contributed by atoms with Gasteiger partial charge in [0.1, 0.15) is 0 Å². The zero-order chi connectivity index (χ0) is 40.3. The van der Waals surface area contributed by atoms with Gasteiger partial charge in [-0.15, -0.1) is 0 Å². The topological polar surface area (TPSA) is 51.6 Å². The summed E-state index contributed by atoms with van der Waals surface area (Å²) in [7, 11) is 0. The van der Waals surface area contributed by atoms with Gasteiger partial charge in [0, 0.05) is 38.6 Å². The minimum atomic E-state index is -0.133. The average molecular weight is 761 g/mol. The minimum Gasteiger partial charge on any atom is -0.228 e. The largest absolute Gasteiger partial charge is 0.228 e. The number of hydrogen-bond donors (Lipinski definition) is 0. The fraction of sp³-hybridized carbons (Fsp3) is 0.127. The van der Waals surface area contributed by atoms with E-state index in [1.165, 1.54) is 27.8 Å². The Bertz CT molecular complexity index is 3020. The van der Waals surface area contributed by atoms with E-state index >= 15 is 0 Å². The van der Waals surface area contributed by atoms with E-state index in [-0.39, 0.29) is 10.8 Å². The Morgan fingerprint density at radius 3 is 1.97 bits per heavy atom. The van der Waals surface area contributed by atoms with Crippen LogP contribution in [0.15, 0.2) is 176 Å². The molecule has 0 atom stereocenters. The van der Waals surface area contributed by atoms with Gasteiger partial charge in [-0.1, -0.05) is 180 Å². The molecule has 6 aromatic carbocycles. The van der Waals surface area contributed by atoms with Crippen molar-refractivity contribution in [3.8, 4) is 67.7 Å². The summed E-state index contributed by atoms with van der Waals surface area (Å²) in [6.07, 6.45) is 9.46. The predicted molar refractivity (Wildman–Crippen MR) is 245 cm³/mol. The van der Waals surface area contributed by atoms with E-state index in [0.29, 0.717) is 11.6 Å². The molecule has 0 fully saturated rings. The first kappa shape index (κ1) is 36.3. The summed E-state index contributed by atoms with van der Waals surface area (Å²) >= 11 is 0. The van der Waals surface area contributed by atoms with Gasteiger partial charge in [-0.3, -0.25) is 0 Å². The molecule has 4 nitrogen and oxygen atoms in total. The third-order valence-electron chi connectivity index (χ3n) is 12.2. The van der Waals surface area contributed by atoms with E-state index in [1.807, 2.05) is 30.3 Å². The second kappa shape index (κ2) is 14.1. The first-order valence-corrected chi connectivity index (χ1v) is 20.4. The fourth-order valence-corrected chi connectivity index (χ4v) is 8.90. The van der Waals surface area contributed by atoms with Gasteiger partial charge in [0.2, 0.25) is 0 Å². The van der Waals surface area contributed by atoms with Crippen molar-refractivity contribution in [2.75, 3.05) is 0 Å². The lowest BCUT2D eigenvalue weighted by atomic mass is 9.77. The van der Waals surface area contributed by atoms with Gasteiger partial charge >= 0.3 is 0 Å². The van der Waals surface area contributed by atoms with Crippen LogP contribution < -0.4 is 0 Å². The maximum atomic E-state index is 5.33. The Labute approximate surface area is 346 Å². The molecule has 4 heteroatoms. The highest BCUT2D eigenvalue weighted by atomic mass is 14.9. The summed E-state index contributed by atoms with van der Waals surface area (Å²) in [4.78, 5) is 20.8. The van der Waals surface area contributed by atoms with Crippen LogP contribution in [0.1, 0.15) is 56.4 Å². The summed E-state index contributed by atoms with van der Waals surface area (Å²) in [5.74, 6) is 1.36. The molecular formula is C55H44N4. The van der Waals surface area contributed by atoms with Crippen LogP contribution in [0, 0.1) is 0 Å². The van der Waals surface area contributed by atoms with E-state index < -0.39 is 0 Å². The number of rotatable bonds is 5. The van der Waals surface area contributed by atoms with Gasteiger partial charge in [0.15, 0.2) is 11.6 Å². The maximum Gasteiger partial charge on any atom is 0.160 e. The standard InChI is InChI=1S/C55H44N4/c1-35-16-8-7-15-31-54(2,3)45-30-28-40(32-44(35)45)53-57-49(34-50(58-53)39-27-29-42-41-19-11-13-21-46(41)55(4,5)47(42)33-39)36-23-25-38(26-24-36)52-56-48-22-14-12-20-43(48)51(59-52)37-17-9-6-10-18-37/h6-30,32-34H,1,31H2,2-5H3/b15-7-,16-8-. The Kier molecular flexibility index (Phi) is 8.68.